The summed E-state index contributed by atoms with van der Waals surface area (Å²) in [5.41, 5.74) is 0. The molecule has 0 atom stereocenters. The summed E-state index contributed by atoms with van der Waals surface area (Å²) in [6, 6.07) is 0. The molecule has 0 aromatic rings. The van der Waals surface area contributed by atoms with Gasteiger partial charge in [-0.25, -0.2) is 8.42 Å². The molecule has 0 radical (unpaired) electrons. The molecule has 0 aliphatic rings. The maximum atomic E-state index is 11.8. The summed E-state index contributed by atoms with van der Waals surface area (Å²) in [5, 5.41) is 0. The molecule has 0 aromatic heterocycles. The molecule has 4 nitrogen and oxygen atoms in total. The van der Waals surface area contributed by atoms with Crippen LogP contribution in [0.15, 0.2) is 0 Å². The Morgan fingerprint density at radius 3 is 2.06 bits per heavy atom. The molecule has 1 amide bonds. The van der Waals surface area contributed by atoms with E-state index in [1.807, 2.05) is 6.92 Å². The zero-order valence-electron chi connectivity index (χ0n) is 11.4. The molecule has 17 heavy (non-hydrogen) atoms. The highest BCUT2D eigenvalue weighted by molar-refractivity contribution is 7.90. The van der Waals surface area contributed by atoms with E-state index >= 15 is 0 Å². The van der Waals surface area contributed by atoms with Crippen LogP contribution in [0.25, 0.3) is 0 Å². The molecule has 0 aliphatic heterocycles. The van der Waals surface area contributed by atoms with Crippen molar-refractivity contribution < 1.29 is 13.2 Å². The lowest BCUT2D eigenvalue weighted by Gasteiger charge is -2.25. The van der Waals surface area contributed by atoms with Crippen LogP contribution in [0.2, 0.25) is 0 Å². The summed E-state index contributed by atoms with van der Waals surface area (Å²) in [5.74, 6) is 0.410. The van der Waals surface area contributed by atoms with E-state index < -0.39 is 9.84 Å². The summed E-state index contributed by atoms with van der Waals surface area (Å²) in [6.07, 6.45) is 3.36. The van der Waals surface area contributed by atoms with Crippen LogP contribution in [-0.4, -0.2) is 44.3 Å². The van der Waals surface area contributed by atoms with Crippen molar-refractivity contribution in [3.05, 3.63) is 0 Å². The number of rotatable bonds is 8. The van der Waals surface area contributed by atoms with Gasteiger partial charge >= 0.3 is 0 Å². The van der Waals surface area contributed by atoms with Crippen molar-refractivity contribution in [2.45, 2.75) is 40.0 Å². The average molecular weight is 263 g/mol. The quantitative estimate of drug-likeness (QED) is 0.670. The fourth-order valence-corrected chi connectivity index (χ4v) is 2.24. The van der Waals surface area contributed by atoms with Crippen molar-refractivity contribution in [3.63, 3.8) is 0 Å². The van der Waals surface area contributed by atoms with Gasteiger partial charge in [-0.1, -0.05) is 26.7 Å². The van der Waals surface area contributed by atoms with Crippen LogP contribution in [0.1, 0.15) is 40.0 Å². The molecule has 0 aliphatic carbocycles. The predicted octanol–water partition coefficient (Wildman–Crippen LogP) is 1.71. The fraction of sp³-hybridized carbons (Fsp3) is 0.917. The van der Waals surface area contributed by atoms with E-state index in [4.69, 9.17) is 0 Å². The van der Waals surface area contributed by atoms with Gasteiger partial charge in [0.15, 0.2) is 0 Å². The molecule has 0 unspecified atom stereocenters. The second kappa shape index (κ2) is 7.69. The van der Waals surface area contributed by atoms with Crippen molar-refractivity contribution >= 4 is 15.7 Å². The van der Waals surface area contributed by atoms with Crippen molar-refractivity contribution in [1.82, 2.24) is 4.90 Å². The molecular weight excluding hydrogens is 238 g/mol. The summed E-state index contributed by atoms with van der Waals surface area (Å²) in [6.45, 7) is 7.55. The first-order valence-electron chi connectivity index (χ1n) is 6.29. The normalized spacial score (nSPS) is 11.8. The number of sulfone groups is 1. The van der Waals surface area contributed by atoms with Crippen molar-refractivity contribution in [1.29, 1.82) is 0 Å². The number of carbonyl (C=O) groups is 1. The minimum atomic E-state index is -3.05. The first-order valence-corrected chi connectivity index (χ1v) is 8.35. The molecule has 0 aromatic carbocycles. The van der Waals surface area contributed by atoms with Crippen LogP contribution >= 0.6 is 0 Å². The topological polar surface area (TPSA) is 54.5 Å². The van der Waals surface area contributed by atoms with Gasteiger partial charge in [0.25, 0.3) is 0 Å². The Hall–Kier alpha value is -0.580. The van der Waals surface area contributed by atoms with Crippen LogP contribution < -0.4 is 0 Å². The Morgan fingerprint density at radius 1 is 1.18 bits per heavy atom. The van der Waals surface area contributed by atoms with Gasteiger partial charge in [-0.05, 0) is 12.8 Å². The number of carbonyl (C=O) groups excluding carboxylic acids is 1. The Bertz CT molecular complexity index is 321. The lowest BCUT2D eigenvalue weighted by atomic mass is 10.0. The van der Waals surface area contributed by atoms with Crippen LogP contribution in [0.3, 0.4) is 0 Å². The molecule has 0 heterocycles. The highest BCUT2D eigenvalue weighted by atomic mass is 32.2. The summed E-state index contributed by atoms with van der Waals surface area (Å²) in [7, 11) is -3.05. The second-order valence-corrected chi connectivity index (χ2v) is 6.75. The monoisotopic (exact) mass is 263 g/mol. The molecule has 5 heteroatoms. The van der Waals surface area contributed by atoms with Crippen LogP contribution in [0, 0.1) is 5.92 Å². The molecule has 102 valence electrons. The van der Waals surface area contributed by atoms with Crippen molar-refractivity contribution in [2.24, 2.45) is 5.92 Å². The van der Waals surface area contributed by atoms with E-state index in [1.165, 1.54) is 0 Å². The molecule has 0 bridgehead atoms. The molecule has 0 N–H and O–H groups in total. The summed E-state index contributed by atoms with van der Waals surface area (Å²) in [4.78, 5) is 13.6. The number of hydrogen-bond acceptors (Lipinski definition) is 3. The Balaban J connectivity index is 4.30. The smallest absolute Gasteiger partial charge is 0.223 e. The van der Waals surface area contributed by atoms with Gasteiger partial charge in [-0.3, -0.25) is 4.79 Å². The zero-order chi connectivity index (χ0) is 13.5. The van der Waals surface area contributed by atoms with Crippen molar-refractivity contribution in [3.8, 4) is 0 Å². The molecule has 0 spiro atoms. The largest absolute Gasteiger partial charge is 0.343 e. The highest BCUT2D eigenvalue weighted by Crippen LogP contribution is 2.10. The predicted molar refractivity (Wildman–Crippen MR) is 70.7 cm³/mol. The maximum Gasteiger partial charge on any atom is 0.223 e. The summed E-state index contributed by atoms with van der Waals surface area (Å²) < 4.78 is 22.0. The third-order valence-corrected chi connectivity index (χ3v) is 4.00. The average Bonchev–Trinajstić information content (AvgIpc) is 2.27. The van der Waals surface area contributed by atoms with Crippen LogP contribution in [0.4, 0.5) is 0 Å². The van der Waals surface area contributed by atoms with Crippen LogP contribution in [0.5, 0.6) is 0 Å². The fourth-order valence-electron chi connectivity index (χ4n) is 1.70. The minimum Gasteiger partial charge on any atom is -0.343 e. The molecule has 0 saturated heterocycles. The lowest BCUT2D eigenvalue weighted by molar-refractivity contribution is -0.131. The number of amides is 1. The highest BCUT2D eigenvalue weighted by Gasteiger charge is 2.17. The van der Waals surface area contributed by atoms with E-state index in [2.05, 4.69) is 13.8 Å². The number of hydrogen-bond donors (Lipinski definition) is 0. The Labute approximate surface area is 105 Å². The molecule has 0 fully saturated rings. The maximum absolute atomic E-state index is 11.8. The van der Waals surface area contributed by atoms with Gasteiger partial charge in [0.2, 0.25) is 5.91 Å². The third-order valence-electron chi connectivity index (χ3n) is 3.05. The first-order chi connectivity index (χ1) is 7.84. The van der Waals surface area contributed by atoms with Crippen LogP contribution in [-0.2, 0) is 14.6 Å². The van der Waals surface area contributed by atoms with E-state index in [-0.39, 0.29) is 18.1 Å². The van der Waals surface area contributed by atoms with Gasteiger partial charge in [0, 0.05) is 25.8 Å². The van der Waals surface area contributed by atoms with Gasteiger partial charge in [-0.2, -0.15) is 0 Å². The second-order valence-electron chi connectivity index (χ2n) is 4.49. The summed E-state index contributed by atoms with van der Waals surface area (Å²) >= 11 is 0. The van der Waals surface area contributed by atoms with E-state index in [9.17, 15) is 13.2 Å². The van der Waals surface area contributed by atoms with E-state index in [1.54, 1.807) is 4.90 Å². The van der Waals surface area contributed by atoms with Gasteiger partial charge in [0.1, 0.15) is 9.84 Å². The van der Waals surface area contributed by atoms with Gasteiger partial charge < -0.3 is 4.90 Å². The SMILES string of the molecule is CCC(CC)CN(CC)C(=O)CCS(C)(=O)=O. The van der Waals surface area contributed by atoms with E-state index in [0.29, 0.717) is 12.5 Å². The lowest BCUT2D eigenvalue weighted by Crippen LogP contribution is -2.35. The van der Waals surface area contributed by atoms with Crippen molar-refractivity contribution in [2.75, 3.05) is 25.1 Å². The van der Waals surface area contributed by atoms with Gasteiger partial charge in [0.05, 0.1) is 5.75 Å². The molecule has 0 rings (SSSR count). The molecule has 0 saturated carbocycles. The Morgan fingerprint density at radius 2 is 1.71 bits per heavy atom. The van der Waals surface area contributed by atoms with Gasteiger partial charge in [-0.15, -0.1) is 0 Å². The number of nitrogens with zero attached hydrogens (tertiary/aromatic N) is 1. The minimum absolute atomic E-state index is 0.0503. The molecular formula is C12H25NO3S. The zero-order valence-corrected chi connectivity index (χ0v) is 12.2. The Kier molecular flexibility index (Phi) is 7.43. The standard InChI is InChI=1S/C12H25NO3S/c1-5-11(6-2)10-13(7-3)12(14)8-9-17(4,15)16/h11H,5-10H2,1-4H3. The third kappa shape index (κ3) is 7.36. The first kappa shape index (κ1) is 16.4. The van der Waals surface area contributed by atoms with E-state index in [0.717, 1.165) is 25.6 Å².